The maximum absolute atomic E-state index is 5.59. The number of rotatable bonds is 4. The van der Waals surface area contributed by atoms with E-state index in [0.717, 1.165) is 25.3 Å². The Labute approximate surface area is 97.6 Å². The van der Waals surface area contributed by atoms with Crippen LogP contribution in [0.4, 0.5) is 0 Å². The minimum atomic E-state index is 0.433. The lowest BCUT2D eigenvalue weighted by molar-refractivity contribution is 0.106. The summed E-state index contributed by atoms with van der Waals surface area (Å²) in [6.45, 7) is 0.926. The van der Waals surface area contributed by atoms with Gasteiger partial charge in [0.25, 0.3) is 0 Å². The molecule has 4 heteroatoms. The largest absolute Gasteiger partial charge is 0.378 e. The standard InChI is InChI=1S/C12H23N3O/c13-15-12(14-10-4-1-2-5-10)8-7-11-6-3-9-16-11/h10-11H,1-9,13H2,(H,14,15). The molecule has 2 aliphatic rings. The Balaban J connectivity index is 1.75. The summed E-state index contributed by atoms with van der Waals surface area (Å²) in [5, 5.41) is 0. The molecule has 1 aliphatic carbocycles. The zero-order chi connectivity index (χ0) is 11.2. The Morgan fingerprint density at radius 1 is 1.25 bits per heavy atom. The Bertz CT molecular complexity index is 230. The number of amidine groups is 1. The lowest BCUT2D eigenvalue weighted by atomic mass is 10.1. The third-order valence-corrected chi connectivity index (χ3v) is 3.56. The third-order valence-electron chi connectivity index (χ3n) is 3.56. The van der Waals surface area contributed by atoms with Gasteiger partial charge in [0.15, 0.2) is 0 Å². The van der Waals surface area contributed by atoms with Gasteiger partial charge >= 0.3 is 0 Å². The fourth-order valence-corrected chi connectivity index (χ4v) is 2.60. The highest BCUT2D eigenvalue weighted by atomic mass is 16.5. The van der Waals surface area contributed by atoms with Crippen LogP contribution in [0, 0.1) is 0 Å². The average molecular weight is 225 g/mol. The molecule has 0 bridgehead atoms. The highest BCUT2D eigenvalue weighted by Gasteiger charge is 2.17. The van der Waals surface area contributed by atoms with Gasteiger partial charge in [-0.3, -0.25) is 4.99 Å². The van der Waals surface area contributed by atoms with Crippen LogP contribution in [0.2, 0.25) is 0 Å². The fraction of sp³-hybridized carbons (Fsp3) is 0.917. The lowest BCUT2D eigenvalue weighted by Gasteiger charge is -2.12. The summed E-state index contributed by atoms with van der Waals surface area (Å²) in [6.07, 6.45) is 9.90. The molecule has 1 aliphatic heterocycles. The lowest BCUT2D eigenvalue weighted by Crippen LogP contribution is -2.32. The first-order valence-electron chi connectivity index (χ1n) is 6.53. The maximum Gasteiger partial charge on any atom is 0.111 e. The van der Waals surface area contributed by atoms with Crippen LogP contribution in [0.1, 0.15) is 51.4 Å². The minimum Gasteiger partial charge on any atom is -0.378 e. The molecule has 0 radical (unpaired) electrons. The Hall–Kier alpha value is -0.610. The molecule has 4 nitrogen and oxygen atoms in total. The molecule has 92 valence electrons. The number of nitrogens with one attached hydrogen (secondary N) is 1. The molecule has 1 heterocycles. The summed E-state index contributed by atoms with van der Waals surface area (Å²) in [5.74, 6) is 6.47. The van der Waals surface area contributed by atoms with Crippen molar-refractivity contribution in [3.63, 3.8) is 0 Å². The normalized spacial score (nSPS) is 27.6. The quantitative estimate of drug-likeness (QED) is 0.332. The molecule has 2 fully saturated rings. The van der Waals surface area contributed by atoms with Crippen LogP contribution < -0.4 is 11.3 Å². The van der Waals surface area contributed by atoms with E-state index in [1.54, 1.807) is 0 Å². The second-order valence-corrected chi connectivity index (χ2v) is 4.83. The summed E-state index contributed by atoms with van der Waals surface area (Å²) in [6, 6.07) is 0.510. The van der Waals surface area contributed by atoms with E-state index in [4.69, 9.17) is 10.6 Å². The van der Waals surface area contributed by atoms with Crippen LogP contribution in [-0.4, -0.2) is 24.6 Å². The fourth-order valence-electron chi connectivity index (χ4n) is 2.60. The number of hydrogen-bond acceptors (Lipinski definition) is 3. The van der Waals surface area contributed by atoms with Crippen LogP contribution in [0.15, 0.2) is 4.99 Å². The molecule has 1 saturated carbocycles. The van der Waals surface area contributed by atoms with E-state index in [1.165, 1.54) is 38.5 Å². The molecule has 1 atom stereocenters. The van der Waals surface area contributed by atoms with Crippen molar-refractivity contribution in [2.24, 2.45) is 10.8 Å². The molecule has 0 aromatic rings. The Morgan fingerprint density at radius 2 is 2.06 bits per heavy atom. The van der Waals surface area contributed by atoms with Crippen molar-refractivity contribution in [3.8, 4) is 0 Å². The Kier molecular flexibility index (Phi) is 4.60. The van der Waals surface area contributed by atoms with Gasteiger partial charge in [0.1, 0.15) is 5.84 Å². The number of aliphatic imine (C=N–C) groups is 1. The van der Waals surface area contributed by atoms with Gasteiger partial charge in [-0.05, 0) is 32.1 Å². The first kappa shape index (κ1) is 11.9. The van der Waals surface area contributed by atoms with Gasteiger partial charge in [0.2, 0.25) is 0 Å². The highest BCUT2D eigenvalue weighted by molar-refractivity contribution is 5.81. The third kappa shape index (κ3) is 3.46. The van der Waals surface area contributed by atoms with E-state index < -0.39 is 0 Å². The smallest absolute Gasteiger partial charge is 0.111 e. The van der Waals surface area contributed by atoms with Crippen molar-refractivity contribution in [3.05, 3.63) is 0 Å². The molecule has 3 N–H and O–H groups in total. The van der Waals surface area contributed by atoms with Gasteiger partial charge in [-0.2, -0.15) is 0 Å². The van der Waals surface area contributed by atoms with Crippen molar-refractivity contribution in [2.45, 2.75) is 63.5 Å². The summed E-state index contributed by atoms with van der Waals surface area (Å²) in [4.78, 5) is 4.68. The van der Waals surface area contributed by atoms with E-state index >= 15 is 0 Å². The van der Waals surface area contributed by atoms with Crippen LogP contribution in [0.3, 0.4) is 0 Å². The molecular formula is C12H23N3O. The van der Waals surface area contributed by atoms with Crippen LogP contribution in [0.5, 0.6) is 0 Å². The van der Waals surface area contributed by atoms with Crippen molar-refractivity contribution in [1.29, 1.82) is 0 Å². The van der Waals surface area contributed by atoms with Gasteiger partial charge < -0.3 is 10.2 Å². The second-order valence-electron chi connectivity index (χ2n) is 4.83. The average Bonchev–Trinajstić information content (AvgIpc) is 2.97. The zero-order valence-corrected chi connectivity index (χ0v) is 9.95. The number of nitrogens with zero attached hydrogens (tertiary/aromatic N) is 1. The zero-order valence-electron chi connectivity index (χ0n) is 9.95. The van der Waals surface area contributed by atoms with Crippen LogP contribution >= 0.6 is 0 Å². The monoisotopic (exact) mass is 225 g/mol. The van der Waals surface area contributed by atoms with Gasteiger partial charge in [-0.15, -0.1) is 0 Å². The first-order chi connectivity index (χ1) is 7.88. The van der Waals surface area contributed by atoms with E-state index in [2.05, 4.69) is 10.4 Å². The van der Waals surface area contributed by atoms with Crippen molar-refractivity contribution < 1.29 is 4.74 Å². The molecule has 16 heavy (non-hydrogen) atoms. The van der Waals surface area contributed by atoms with E-state index in [9.17, 15) is 0 Å². The van der Waals surface area contributed by atoms with E-state index in [0.29, 0.717) is 12.1 Å². The molecule has 1 saturated heterocycles. The molecule has 0 spiro atoms. The summed E-state index contributed by atoms with van der Waals surface area (Å²) >= 11 is 0. The number of hydrazine groups is 1. The van der Waals surface area contributed by atoms with Crippen LogP contribution in [-0.2, 0) is 4.74 Å². The molecular weight excluding hydrogens is 202 g/mol. The summed E-state index contributed by atoms with van der Waals surface area (Å²) < 4.78 is 5.59. The van der Waals surface area contributed by atoms with E-state index in [-0.39, 0.29) is 0 Å². The highest BCUT2D eigenvalue weighted by Crippen LogP contribution is 2.22. The van der Waals surface area contributed by atoms with Crippen molar-refractivity contribution in [1.82, 2.24) is 5.43 Å². The summed E-state index contributed by atoms with van der Waals surface area (Å²) in [5.41, 5.74) is 2.75. The van der Waals surface area contributed by atoms with Crippen LogP contribution in [0.25, 0.3) is 0 Å². The minimum absolute atomic E-state index is 0.433. The maximum atomic E-state index is 5.59. The SMILES string of the molecule is NNC(CCC1CCCO1)=NC1CCCC1. The van der Waals surface area contributed by atoms with Crippen molar-refractivity contribution in [2.75, 3.05) is 6.61 Å². The number of hydrogen-bond donors (Lipinski definition) is 2. The van der Waals surface area contributed by atoms with Gasteiger partial charge in [0.05, 0.1) is 12.1 Å². The molecule has 2 rings (SSSR count). The van der Waals surface area contributed by atoms with Gasteiger partial charge in [0, 0.05) is 13.0 Å². The number of ether oxygens (including phenoxy) is 1. The molecule has 1 unspecified atom stereocenters. The molecule has 0 amide bonds. The predicted octanol–water partition coefficient (Wildman–Crippen LogP) is 1.75. The topological polar surface area (TPSA) is 59.6 Å². The number of nitrogens with two attached hydrogens (primary N) is 1. The predicted molar refractivity (Wildman–Crippen MR) is 65.2 cm³/mol. The molecule has 0 aromatic carbocycles. The van der Waals surface area contributed by atoms with Crippen molar-refractivity contribution >= 4 is 5.84 Å². The second kappa shape index (κ2) is 6.21. The van der Waals surface area contributed by atoms with Gasteiger partial charge in [-0.1, -0.05) is 12.8 Å². The first-order valence-corrected chi connectivity index (χ1v) is 6.53. The van der Waals surface area contributed by atoms with E-state index in [1.807, 2.05) is 0 Å². The summed E-state index contributed by atoms with van der Waals surface area (Å²) in [7, 11) is 0. The Morgan fingerprint density at radius 3 is 2.69 bits per heavy atom. The van der Waals surface area contributed by atoms with Gasteiger partial charge in [-0.25, -0.2) is 5.84 Å². The molecule has 0 aromatic heterocycles.